The number of carbonyl (C=O) groups is 1. The number of benzene rings is 3. The molecule has 4 aromatic rings. The third-order valence-corrected chi connectivity index (χ3v) is 5.70. The Morgan fingerprint density at radius 1 is 0.750 bits per heavy atom. The van der Waals surface area contributed by atoms with E-state index in [9.17, 15) is 4.79 Å². The van der Waals surface area contributed by atoms with Gasteiger partial charge in [0.1, 0.15) is 11.4 Å². The fourth-order valence-electron chi connectivity index (χ4n) is 3.63. The number of nitrogens with zero attached hydrogens (tertiary/aromatic N) is 2. The Morgan fingerprint density at radius 2 is 1.36 bits per heavy atom. The van der Waals surface area contributed by atoms with Gasteiger partial charge in [0.05, 0.1) is 34.0 Å². The number of carbonyl (C=O) groups excluding carboxylic acids is 1. The summed E-state index contributed by atoms with van der Waals surface area (Å²) < 4.78 is 21.8. The van der Waals surface area contributed by atoms with Crippen molar-refractivity contribution in [1.82, 2.24) is 4.98 Å². The van der Waals surface area contributed by atoms with Gasteiger partial charge in [-0.3, -0.25) is 4.98 Å². The minimum absolute atomic E-state index is 0.298. The maximum Gasteiger partial charge on any atom is 0.365 e. The molecular formula is C27H23ClN2O6. The molecule has 4 rings (SSSR count). The van der Waals surface area contributed by atoms with E-state index in [4.69, 9.17) is 35.4 Å². The van der Waals surface area contributed by atoms with Crippen LogP contribution in [0, 0.1) is 0 Å². The highest BCUT2D eigenvalue weighted by Gasteiger charge is 2.19. The fourth-order valence-corrected chi connectivity index (χ4v) is 3.76. The van der Waals surface area contributed by atoms with Gasteiger partial charge >= 0.3 is 5.97 Å². The van der Waals surface area contributed by atoms with Crippen LogP contribution < -0.4 is 18.9 Å². The lowest BCUT2D eigenvalue weighted by molar-refractivity contribution is 0.0517. The van der Waals surface area contributed by atoms with Crippen molar-refractivity contribution in [3.05, 3.63) is 88.7 Å². The Labute approximate surface area is 213 Å². The molecule has 0 unspecified atom stereocenters. The number of oxime groups is 1. The van der Waals surface area contributed by atoms with Gasteiger partial charge in [-0.1, -0.05) is 16.8 Å². The van der Waals surface area contributed by atoms with Gasteiger partial charge in [0.25, 0.3) is 0 Å². The van der Waals surface area contributed by atoms with Gasteiger partial charge in [0, 0.05) is 22.2 Å². The molecule has 1 aromatic heterocycles. The number of halogens is 1. The summed E-state index contributed by atoms with van der Waals surface area (Å²) in [5.41, 5.74) is 1.65. The molecule has 3 aromatic carbocycles. The molecule has 0 aliphatic carbocycles. The Kier molecular flexibility index (Phi) is 7.56. The number of rotatable bonds is 8. The van der Waals surface area contributed by atoms with Crippen LogP contribution in [0.1, 0.15) is 21.6 Å². The van der Waals surface area contributed by atoms with Crippen LogP contribution >= 0.6 is 11.6 Å². The predicted octanol–water partition coefficient (Wildman–Crippen LogP) is 5.53. The van der Waals surface area contributed by atoms with Crippen molar-refractivity contribution in [2.45, 2.75) is 0 Å². The fraction of sp³-hybridized carbons (Fsp3) is 0.148. The first kappa shape index (κ1) is 24.8. The Bertz CT molecular complexity index is 1440. The molecule has 184 valence electrons. The average Bonchev–Trinajstić information content (AvgIpc) is 2.92. The summed E-state index contributed by atoms with van der Waals surface area (Å²) in [4.78, 5) is 22.6. The minimum Gasteiger partial charge on any atom is -0.493 e. The van der Waals surface area contributed by atoms with Gasteiger partial charge < -0.3 is 23.8 Å². The van der Waals surface area contributed by atoms with Crippen LogP contribution in [-0.4, -0.2) is 45.1 Å². The number of hydrogen-bond donors (Lipinski definition) is 0. The first-order chi connectivity index (χ1) is 17.5. The first-order valence-electron chi connectivity index (χ1n) is 10.8. The van der Waals surface area contributed by atoms with Crippen molar-refractivity contribution in [2.75, 3.05) is 28.4 Å². The summed E-state index contributed by atoms with van der Waals surface area (Å²) in [5.74, 6) is 1.45. The Morgan fingerprint density at radius 3 is 2.03 bits per heavy atom. The highest BCUT2D eigenvalue weighted by molar-refractivity contribution is 6.30. The molecule has 0 fully saturated rings. The van der Waals surface area contributed by atoms with Gasteiger partial charge in [0.2, 0.25) is 0 Å². The van der Waals surface area contributed by atoms with Crippen molar-refractivity contribution < 1.29 is 28.6 Å². The number of hydrogen-bond acceptors (Lipinski definition) is 8. The molecule has 8 nitrogen and oxygen atoms in total. The monoisotopic (exact) mass is 506 g/mol. The van der Waals surface area contributed by atoms with Crippen molar-refractivity contribution in [3.8, 4) is 23.0 Å². The van der Waals surface area contributed by atoms with Crippen LogP contribution in [0.4, 0.5) is 0 Å². The molecule has 9 heteroatoms. The van der Waals surface area contributed by atoms with Crippen LogP contribution in [-0.2, 0) is 4.84 Å². The zero-order valence-corrected chi connectivity index (χ0v) is 20.8. The zero-order valence-electron chi connectivity index (χ0n) is 20.1. The SMILES string of the molecule is COc1ccc(/C(=N\OC(=O)c2ccc(Cl)cc2)c2nccc3cc(OC)c(OC)cc23)cc1OC. The van der Waals surface area contributed by atoms with Gasteiger partial charge in [0.15, 0.2) is 23.0 Å². The van der Waals surface area contributed by atoms with E-state index in [1.54, 1.807) is 76.1 Å². The molecular weight excluding hydrogens is 484 g/mol. The molecule has 0 aliphatic heterocycles. The molecule has 0 aliphatic rings. The van der Waals surface area contributed by atoms with Gasteiger partial charge in [-0.25, -0.2) is 4.79 Å². The summed E-state index contributed by atoms with van der Waals surface area (Å²) in [6.07, 6.45) is 1.64. The summed E-state index contributed by atoms with van der Waals surface area (Å²) in [6.45, 7) is 0. The molecule has 0 N–H and O–H groups in total. The van der Waals surface area contributed by atoms with E-state index in [2.05, 4.69) is 10.1 Å². The van der Waals surface area contributed by atoms with E-state index in [1.165, 1.54) is 7.11 Å². The second-order valence-electron chi connectivity index (χ2n) is 7.48. The van der Waals surface area contributed by atoms with Gasteiger partial charge in [-0.15, -0.1) is 0 Å². The van der Waals surface area contributed by atoms with Crippen LogP contribution in [0.2, 0.25) is 5.02 Å². The lowest BCUT2D eigenvalue weighted by Gasteiger charge is -2.14. The number of pyridine rings is 1. The van der Waals surface area contributed by atoms with Crippen LogP contribution in [0.25, 0.3) is 10.8 Å². The third kappa shape index (κ3) is 5.04. The normalized spacial score (nSPS) is 11.2. The van der Waals surface area contributed by atoms with Crippen molar-refractivity contribution in [1.29, 1.82) is 0 Å². The van der Waals surface area contributed by atoms with Crippen molar-refractivity contribution in [3.63, 3.8) is 0 Å². The Balaban J connectivity index is 1.88. The summed E-state index contributed by atoms with van der Waals surface area (Å²) in [5, 5.41) is 6.29. The molecule has 1 heterocycles. The van der Waals surface area contributed by atoms with E-state index in [1.807, 2.05) is 12.1 Å². The third-order valence-electron chi connectivity index (χ3n) is 5.45. The maximum atomic E-state index is 12.7. The smallest absolute Gasteiger partial charge is 0.365 e. The zero-order chi connectivity index (χ0) is 25.7. The standard InChI is InChI=1S/C27H23ClN2O6/c1-32-21-10-7-18(14-22(21)33-2)25(30-36-27(31)16-5-8-19(28)9-6-16)26-20-15-24(35-4)23(34-3)13-17(20)11-12-29-26/h5-15H,1-4H3/b30-25+. The van der Waals surface area contributed by atoms with E-state index in [0.29, 0.717) is 55.9 Å². The summed E-state index contributed by atoms with van der Waals surface area (Å²) in [6, 6.07) is 17.0. The first-order valence-corrected chi connectivity index (χ1v) is 11.1. The molecule has 0 saturated heterocycles. The highest BCUT2D eigenvalue weighted by atomic mass is 35.5. The number of fused-ring (bicyclic) bond motifs is 1. The number of aromatic nitrogens is 1. The number of ether oxygens (including phenoxy) is 4. The highest BCUT2D eigenvalue weighted by Crippen LogP contribution is 2.35. The summed E-state index contributed by atoms with van der Waals surface area (Å²) >= 11 is 5.93. The molecule has 36 heavy (non-hydrogen) atoms. The molecule has 0 amide bonds. The van der Waals surface area contributed by atoms with E-state index >= 15 is 0 Å². The largest absolute Gasteiger partial charge is 0.493 e. The molecule has 0 atom stereocenters. The second kappa shape index (κ2) is 11.0. The van der Waals surface area contributed by atoms with Gasteiger partial charge in [-0.2, -0.15) is 0 Å². The topological polar surface area (TPSA) is 88.5 Å². The van der Waals surface area contributed by atoms with Crippen LogP contribution in [0.3, 0.4) is 0 Å². The quantitative estimate of drug-likeness (QED) is 0.176. The van der Waals surface area contributed by atoms with Crippen molar-refractivity contribution in [2.24, 2.45) is 5.16 Å². The second-order valence-corrected chi connectivity index (χ2v) is 7.92. The van der Waals surface area contributed by atoms with Crippen LogP contribution in [0.15, 0.2) is 72.0 Å². The lowest BCUT2D eigenvalue weighted by atomic mass is 10.0. The molecule has 0 radical (unpaired) electrons. The molecule has 0 saturated carbocycles. The van der Waals surface area contributed by atoms with Gasteiger partial charge in [-0.05, 0) is 66.0 Å². The van der Waals surface area contributed by atoms with E-state index in [0.717, 1.165) is 5.39 Å². The maximum absolute atomic E-state index is 12.7. The molecule has 0 spiro atoms. The minimum atomic E-state index is -0.649. The average molecular weight is 507 g/mol. The molecule has 0 bridgehead atoms. The predicted molar refractivity (Wildman–Crippen MR) is 137 cm³/mol. The Hall–Kier alpha value is -4.30. The van der Waals surface area contributed by atoms with Crippen molar-refractivity contribution >= 4 is 34.1 Å². The lowest BCUT2D eigenvalue weighted by Crippen LogP contribution is -2.11. The number of methoxy groups -OCH3 is 4. The van der Waals surface area contributed by atoms with Crippen LogP contribution in [0.5, 0.6) is 23.0 Å². The van der Waals surface area contributed by atoms with E-state index in [-0.39, 0.29) is 0 Å². The van der Waals surface area contributed by atoms with E-state index < -0.39 is 5.97 Å². The summed E-state index contributed by atoms with van der Waals surface area (Å²) in [7, 11) is 6.20.